The van der Waals surface area contributed by atoms with Crippen LogP contribution in [-0.4, -0.2) is 48.0 Å². The summed E-state index contributed by atoms with van der Waals surface area (Å²) in [6, 6.07) is 19.0. The number of piperazine rings is 1. The van der Waals surface area contributed by atoms with Gasteiger partial charge in [-0.15, -0.1) is 11.3 Å². The second-order valence-corrected chi connectivity index (χ2v) is 7.68. The quantitative estimate of drug-likeness (QED) is 0.608. The van der Waals surface area contributed by atoms with Gasteiger partial charge in [-0.05, 0) is 5.56 Å². The zero-order valence-corrected chi connectivity index (χ0v) is 16.8. The number of hydrogen-bond acceptors (Lipinski definition) is 6. The van der Waals surface area contributed by atoms with Crippen molar-refractivity contribution in [2.45, 2.75) is 12.6 Å². The predicted octanol–water partition coefficient (Wildman–Crippen LogP) is 3.20. The van der Waals surface area contributed by atoms with Crippen molar-refractivity contribution < 1.29 is 14.3 Å². The monoisotopic (exact) mass is 407 g/mol. The molecule has 3 aromatic rings. The lowest BCUT2D eigenvalue weighted by atomic mass is 10.1. The maximum absolute atomic E-state index is 13.0. The normalized spacial score (nSPS) is 17.3. The van der Waals surface area contributed by atoms with Gasteiger partial charge in [-0.25, -0.2) is 9.78 Å². The Morgan fingerprint density at radius 3 is 2.52 bits per heavy atom. The molecule has 1 amide bonds. The fourth-order valence-electron chi connectivity index (χ4n) is 3.47. The number of rotatable bonds is 5. The fraction of sp³-hybridized carbons (Fsp3) is 0.227. The van der Waals surface area contributed by atoms with Crippen molar-refractivity contribution in [3.05, 3.63) is 71.6 Å². The summed E-state index contributed by atoms with van der Waals surface area (Å²) in [4.78, 5) is 33.6. The van der Waals surface area contributed by atoms with E-state index in [-0.39, 0.29) is 12.5 Å². The molecule has 29 heavy (non-hydrogen) atoms. The highest BCUT2D eigenvalue weighted by Crippen LogP contribution is 2.30. The molecule has 1 aliphatic heterocycles. The van der Waals surface area contributed by atoms with Gasteiger partial charge < -0.3 is 4.74 Å². The topological polar surface area (TPSA) is 62.7 Å². The van der Waals surface area contributed by atoms with Gasteiger partial charge in [-0.1, -0.05) is 60.7 Å². The van der Waals surface area contributed by atoms with Crippen molar-refractivity contribution in [2.24, 2.45) is 0 Å². The van der Waals surface area contributed by atoms with Gasteiger partial charge in [-0.3, -0.25) is 14.6 Å². The predicted molar refractivity (Wildman–Crippen MR) is 113 cm³/mol. The Morgan fingerprint density at radius 2 is 1.83 bits per heavy atom. The van der Waals surface area contributed by atoms with Crippen LogP contribution in [0, 0.1) is 0 Å². The Kier molecular flexibility index (Phi) is 5.69. The van der Waals surface area contributed by atoms with Crippen LogP contribution in [0.2, 0.25) is 0 Å². The number of aromatic nitrogens is 1. The molecule has 0 radical (unpaired) electrons. The summed E-state index contributed by atoms with van der Waals surface area (Å²) in [6.45, 7) is 1.22. The van der Waals surface area contributed by atoms with Crippen molar-refractivity contribution >= 4 is 28.3 Å². The number of thiazole rings is 1. The van der Waals surface area contributed by atoms with Crippen LogP contribution in [0.25, 0.3) is 11.3 Å². The van der Waals surface area contributed by atoms with E-state index in [0.29, 0.717) is 18.2 Å². The number of esters is 1. The summed E-state index contributed by atoms with van der Waals surface area (Å²) in [5, 5.41) is 2.42. The van der Waals surface area contributed by atoms with E-state index in [0.717, 1.165) is 16.8 Å². The molecule has 0 bridgehead atoms. The second kappa shape index (κ2) is 8.55. The molecule has 1 unspecified atom stereocenters. The number of carbonyl (C=O) groups excluding carboxylic acids is 2. The summed E-state index contributed by atoms with van der Waals surface area (Å²) in [6.07, 6.45) is 0. The molecule has 1 fully saturated rings. The summed E-state index contributed by atoms with van der Waals surface area (Å²) in [5.41, 5.74) is 2.85. The van der Waals surface area contributed by atoms with Crippen LogP contribution in [0.4, 0.5) is 5.13 Å². The van der Waals surface area contributed by atoms with Crippen LogP contribution in [0.15, 0.2) is 66.0 Å². The van der Waals surface area contributed by atoms with E-state index in [4.69, 9.17) is 4.74 Å². The first-order chi connectivity index (χ1) is 14.2. The first-order valence-electron chi connectivity index (χ1n) is 9.33. The van der Waals surface area contributed by atoms with Gasteiger partial charge in [0.05, 0.1) is 19.3 Å². The maximum Gasteiger partial charge on any atom is 0.330 e. The van der Waals surface area contributed by atoms with Gasteiger partial charge in [0.15, 0.2) is 5.13 Å². The van der Waals surface area contributed by atoms with E-state index >= 15 is 0 Å². The number of methoxy groups -OCH3 is 1. The molecule has 0 spiro atoms. The molecule has 1 aromatic heterocycles. The Morgan fingerprint density at radius 1 is 1.14 bits per heavy atom. The molecule has 7 heteroatoms. The van der Waals surface area contributed by atoms with Gasteiger partial charge in [-0.2, -0.15) is 0 Å². The number of ether oxygens (including phenoxy) is 1. The maximum atomic E-state index is 13.0. The van der Waals surface area contributed by atoms with Gasteiger partial charge in [0.2, 0.25) is 5.91 Å². The molecule has 1 atom stereocenters. The number of anilines is 1. The number of nitrogens with zero attached hydrogens (tertiary/aromatic N) is 3. The average molecular weight is 407 g/mol. The van der Waals surface area contributed by atoms with Gasteiger partial charge in [0.25, 0.3) is 0 Å². The minimum absolute atomic E-state index is 0.156. The van der Waals surface area contributed by atoms with Crippen LogP contribution in [0.5, 0.6) is 0 Å². The second-order valence-electron chi connectivity index (χ2n) is 6.84. The average Bonchev–Trinajstić information content (AvgIpc) is 3.24. The highest BCUT2D eigenvalue weighted by atomic mass is 32.1. The minimum atomic E-state index is -0.722. The molecule has 148 valence electrons. The SMILES string of the molecule is COC(=O)C1CN(Cc2ccccc2)CC(=O)N1c1nc(-c2ccccc2)cs1. The molecule has 0 aliphatic carbocycles. The summed E-state index contributed by atoms with van der Waals surface area (Å²) in [5.74, 6) is -0.593. The van der Waals surface area contributed by atoms with Crippen LogP contribution < -0.4 is 4.90 Å². The smallest absolute Gasteiger partial charge is 0.330 e. The third kappa shape index (κ3) is 4.21. The molecule has 0 N–H and O–H groups in total. The van der Waals surface area contributed by atoms with Crippen LogP contribution in [0.3, 0.4) is 0 Å². The fourth-order valence-corrected chi connectivity index (χ4v) is 4.37. The van der Waals surface area contributed by atoms with Crippen LogP contribution >= 0.6 is 11.3 Å². The standard InChI is InChI=1S/C22H21N3O3S/c1-28-21(27)19-13-24(12-16-8-4-2-5-9-16)14-20(26)25(19)22-23-18(15-29-22)17-10-6-3-7-11-17/h2-11,15,19H,12-14H2,1H3. The van der Waals surface area contributed by atoms with E-state index in [1.165, 1.54) is 23.3 Å². The Labute approximate surface area is 173 Å². The number of carbonyl (C=O) groups is 2. The molecule has 6 nitrogen and oxygen atoms in total. The summed E-state index contributed by atoms with van der Waals surface area (Å²) in [7, 11) is 1.35. The van der Waals surface area contributed by atoms with Crippen molar-refractivity contribution in [1.82, 2.24) is 9.88 Å². The zero-order valence-electron chi connectivity index (χ0n) is 16.0. The minimum Gasteiger partial charge on any atom is -0.467 e. The highest BCUT2D eigenvalue weighted by Gasteiger charge is 2.40. The van der Waals surface area contributed by atoms with Gasteiger partial charge in [0, 0.05) is 24.0 Å². The van der Waals surface area contributed by atoms with E-state index in [1.807, 2.05) is 70.9 Å². The molecular weight excluding hydrogens is 386 g/mol. The van der Waals surface area contributed by atoms with Gasteiger partial charge in [0.1, 0.15) is 6.04 Å². The van der Waals surface area contributed by atoms with Crippen molar-refractivity contribution in [1.29, 1.82) is 0 Å². The Balaban J connectivity index is 1.59. The molecule has 2 heterocycles. The van der Waals surface area contributed by atoms with Crippen molar-refractivity contribution in [3.63, 3.8) is 0 Å². The molecule has 2 aromatic carbocycles. The molecule has 4 rings (SSSR count). The molecule has 1 saturated heterocycles. The van der Waals surface area contributed by atoms with E-state index in [2.05, 4.69) is 4.98 Å². The number of hydrogen-bond donors (Lipinski definition) is 0. The number of amides is 1. The summed E-state index contributed by atoms with van der Waals surface area (Å²) < 4.78 is 5.00. The van der Waals surface area contributed by atoms with Crippen LogP contribution in [-0.2, 0) is 20.9 Å². The van der Waals surface area contributed by atoms with Gasteiger partial charge >= 0.3 is 5.97 Å². The first kappa shape index (κ1) is 19.3. The lowest BCUT2D eigenvalue weighted by Gasteiger charge is -2.38. The molecule has 0 saturated carbocycles. The van der Waals surface area contributed by atoms with Crippen molar-refractivity contribution in [3.8, 4) is 11.3 Å². The summed E-state index contributed by atoms with van der Waals surface area (Å²) >= 11 is 1.36. The lowest BCUT2D eigenvalue weighted by Crippen LogP contribution is -2.59. The largest absolute Gasteiger partial charge is 0.467 e. The third-order valence-electron chi connectivity index (χ3n) is 4.86. The third-order valence-corrected chi connectivity index (χ3v) is 5.70. The van der Waals surface area contributed by atoms with Crippen molar-refractivity contribution in [2.75, 3.05) is 25.1 Å². The molecule has 1 aliphatic rings. The zero-order chi connectivity index (χ0) is 20.2. The highest BCUT2D eigenvalue weighted by molar-refractivity contribution is 7.14. The van der Waals surface area contributed by atoms with Crippen LogP contribution in [0.1, 0.15) is 5.56 Å². The Bertz CT molecular complexity index is 991. The lowest BCUT2D eigenvalue weighted by molar-refractivity contribution is -0.145. The number of benzene rings is 2. The molecular formula is C22H21N3O3S. The van der Waals surface area contributed by atoms with E-state index in [9.17, 15) is 9.59 Å². The first-order valence-corrected chi connectivity index (χ1v) is 10.2. The van der Waals surface area contributed by atoms with E-state index < -0.39 is 12.0 Å². The Hall–Kier alpha value is -3.03. The van der Waals surface area contributed by atoms with E-state index in [1.54, 1.807) is 0 Å².